The second kappa shape index (κ2) is 10.0. The first-order valence-electron chi connectivity index (χ1n) is 9.97. The largest absolute Gasteiger partial charge is 0.497 e. The minimum atomic E-state index is -1.53. The second-order valence-corrected chi connectivity index (χ2v) is 8.70. The average molecular weight is 463 g/mol. The van der Waals surface area contributed by atoms with Gasteiger partial charge in [0.2, 0.25) is 0 Å². The SMILES string of the molecule is COc1ccc(C2C(C#N)=C(S[C@@H]3O[C@H](CO)[C@H](O)[C@H](O)[C@H]3O)NC(C)=C2C(C)=O)cc1. The van der Waals surface area contributed by atoms with Crippen LogP contribution in [-0.4, -0.2) is 69.8 Å². The highest BCUT2D eigenvalue weighted by molar-refractivity contribution is 8.03. The Balaban J connectivity index is 2.02. The number of nitrogens with zero attached hydrogens (tertiary/aromatic N) is 1. The highest BCUT2D eigenvalue weighted by Crippen LogP contribution is 2.43. The van der Waals surface area contributed by atoms with E-state index in [1.165, 1.54) is 6.92 Å². The van der Waals surface area contributed by atoms with Gasteiger partial charge in [-0.05, 0) is 31.5 Å². The molecule has 32 heavy (non-hydrogen) atoms. The maximum Gasteiger partial charge on any atom is 0.158 e. The van der Waals surface area contributed by atoms with Gasteiger partial charge in [-0.15, -0.1) is 0 Å². The summed E-state index contributed by atoms with van der Waals surface area (Å²) in [5.41, 5.74) is 0.863. The summed E-state index contributed by atoms with van der Waals surface area (Å²) in [6.45, 7) is 2.60. The summed E-state index contributed by atoms with van der Waals surface area (Å²) in [5.74, 6) is -0.219. The van der Waals surface area contributed by atoms with Crippen molar-refractivity contribution >= 4 is 17.5 Å². The number of rotatable bonds is 6. The minimum Gasteiger partial charge on any atom is -0.497 e. The summed E-state index contributed by atoms with van der Waals surface area (Å²) < 4.78 is 10.8. The lowest BCUT2D eigenvalue weighted by molar-refractivity contribution is -0.205. The van der Waals surface area contributed by atoms with Crippen molar-refractivity contribution in [2.75, 3.05) is 13.7 Å². The van der Waals surface area contributed by atoms with E-state index < -0.39 is 42.4 Å². The Bertz CT molecular complexity index is 967. The number of dihydropyridines is 1. The van der Waals surface area contributed by atoms with Crippen molar-refractivity contribution in [1.82, 2.24) is 5.32 Å². The van der Waals surface area contributed by atoms with Crippen LogP contribution in [0.2, 0.25) is 0 Å². The molecule has 10 heteroatoms. The molecule has 5 N–H and O–H groups in total. The van der Waals surface area contributed by atoms with Crippen LogP contribution >= 0.6 is 11.8 Å². The number of carbonyl (C=O) groups is 1. The number of carbonyl (C=O) groups excluding carboxylic acids is 1. The van der Waals surface area contributed by atoms with E-state index in [4.69, 9.17) is 9.47 Å². The molecule has 1 saturated heterocycles. The van der Waals surface area contributed by atoms with Crippen LogP contribution in [0.15, 0.2) is 46.1 Å². The zero-order valence-electron chi connectivity index (χ0n) is 17.8. The summed E-state index contributed by atoms with van der Waals surface area (Å²) in [4.78, 5) is 12.5. The molecule has 172 valence electrons. The third-order valence-electron chi connectivity index (χ3n) is 5.56. The molecule has 0 aromatic heterocycles. The summed E-state index contributed by atoms with van der Waals surface area (Å²) in [6.07, 6.45) is -5.55. The van der Waals surface area contributed by atoms with Crippen LogP contribution in [0.1, 0.15) is 25.3 Å². The molecule has 0 spiro atoms. The first-order chi connectivity index (χ1) is 15.2. The molecule has 0 saturated carbocycles. The zero-order chi connectivity index (χ0) is 23.6. The minimum absolute atomic E-state index is 0.194. The fourth-order valence-corrected chi connectivity index (χ4v) is 5.12. The molecule has 9 nitrogen and oxygen atoms in total. The Hall–Kier alpha value is -2.39. The highest BCUT2D eigenvalue weighted by atomic mass is 32.2. The summed E-state index contributed by atoms with van der Waals surface area (Å²) in [5, 5.41) is 53.4. The van der Waals surface area contributed by atoms with Gasteiger partial charge in [-0.3, -0.25) is 4.79 Å². The molecule has 1 aromatic carbocycles. The lowest BCUT2D eigenvalue weighted by Gasteiger charge is -2.40. The van der Waals surface area contributed by atoms with Crippen molar-refractivity contribution in [3.8, 4) is 11.8 Å². The maximum atomic E-state index is 12.5. The molecule has 1 aromatic rings. The van der Waals surface area contributed by atoms with Crippen LogP contribution in [0.3, 0.4) is 0 Å². The van der Waals surface area contributed by atoms with Gasteiger partial charge < -0.3 is 35.2 Å². The highest BCUT2D eigenvalue weighted by Gasteiger charge is 2.45. The van der Waals surface area contributed by atoms with E-state index in [0.29, 0.717) is 27.6 Å². The van der Waals surface area contributed by atoms with E-state index in [1.807, 2.05) is 0 Å². The fourth-order valence-electron chi connectivity index (χ4n) is 3.88. The van der Waals surface area contributed by atoms with Crippen molar-refractivity contribution in [1.29, 1.82) is 5.26 Å². The molecule has 2 aliphatic heterocycles. The van der Waals surface area contributed by atoms with Gasteiger partial charge in [0.15, 0.2) is 5.78 Å². The van der Waals surface area contributed by atoms with Crippen LogP contribution in [-0.2, 0) is 9.53 Å². The number of methoxy groups -OCH3 is 1. The summed E-state index contributed by atoms with van der Waals surface area (Å²) >= 11 is 0.952. The number of aliphatic hydroxyl groups excluding tert-OH is 4. The van der Waals surface area contributed by atoms with Gasteiger partial charge in [0, 0.05) is 11.3 Å². The fraction of sp³-hybridized carbons (Fsp3) is 0.455. The smallest absolute Gasteiger partial charge is 0.158 e. The van der Waals surface area contributed by atoms with Gasteiger partial charge >= 0.3 is 0 Å². The lowest BCUT2D eigenvalue weighted by Crippen LogP contribution is -2.57. The van der Waals surface area contributed by atoms with Gasteiger partial charge in [0.05, 0.1) is 36.3 Å². The number of ketones is 1. The number of allylic oxidation sites excluding steroid dienone is 3. The Labute approximate surface area is 190 Å². The van der Waals surface area contributed by atoms with Crippen LogP contribution in [0, 0.1) is 11.3 Å². The molecular weight excluding hydrogens is 436 g/mol. The van der Waals surface area contributed by atoms with E-state index in [1.54, 1.807) is 38.3 Å². The Kier molecular flexibility index (Phi) is 7.61. The topological polar surface area (TPSA) is 152 Å². The molecular formula is C22H26N2O7S. The Morgan fingerprint density at radius 1 is 1.22 bits per heavy atom. The van der Waals surface area contributed by atoms with Gasteiger partial charge in [0.1, 0.15) is 35.6 Å². The third kappa shape index (κ3) is 4.54. The van der Waals surface area contributed by atoms with E-state index in [2.05, 4.69) is 11.4 Å². The van der Waals surface area contributed by atoms with Gasteiger partial charge in [0.25, 0.3) is 0 Å². The number of nitrogens with one attached hydrogen (secondary N) is 1. The van der Waals surface area contributed by atoms with Gasteiger partial charge in [-0.1, -0.05) is 23.9 Å². The normalized spacial score (nSPS) is 30.6. The van der Waals surface area contributed by atoms with Crippen molar-refractivity contribution in [3.05, 3.63) is 51.7 Å². The molecule has 0 radical (unpaired) electrons. The quantitative estimate of drug-likeness (QED) is 0.404. The molecule has 1 fully saturated rings. The standard InChI is InChI=1S/C22H26N2O7S/c1-10-16(11(2)26)17(12-4-6-13(30-3)7-5-12)14(8-23)21(24-10)32-22-20(29)19(28)18(27)15(9-25)31-22/h4-7,15,17-20,22,24-25,27-29H,9H2,1-3H3/t15-,17?,18+,19+,20-,22+/m1/s1. The number of hydrogen-bond donors (Lipinski definition) is 5. The molecule has 1 unspecified atom stereocenters. The predicted molar refractivity (Wildman–Crippen MR) is 116 cm³/mol. The second-order valence-electron chi connectivity index (χ2n) is 7.60. The van der Waals surface area contributed by atoms with E-state index in [0.717, 1.165) is 11.8 Å². The van der Waals surface area contributed by atoms with Crippen LogP contribution in [0.25, 0.3) is 0 Å². The van der Waals surface area contributed by atoms with Crippen LogP contribution in [0.4, 0.5) is 0 Å². The monoisotopic (exact) mass is 462 g/mol. The van der Waals surface area contributed by atoms with Crippen molar-refractivity contribution in [2.24, 2.45) is 0 Å². The number of nitriles is 1. The van der Waals surface area contributed by atoms with Crippen LogP contribution in [0.5, 0.6) is 5.75 Å². The van der Waals surface area contributed by atoms with E-state index >= 15 is 0 Å². The molecule has 2 aliphatic rings. The third-order valence-corrected chi connectivity index (χ3v) is 6.74. The van der Waals surface area contributed by atoms with Gasteiger partial charge in [-0.25, -0.2) is 0 Å². The molecule has 3 rings (SSSR count). The van der Waals surface area contributed by atoms with Crippen molar-refractivity contribution in [2.45, 2.75) is 49.6 Å². The number of benzene rings is 1. The molecule has 0 aliphatic carbocycles. The average Bonchev–Trinajstić information content (AvgIpc) is 2.78. The maximum absolute atomic E-state index is 12.5. The molecule has 0 bridgehead atoms. The van der Waals surface area contributed by atoms with Crippen molar-refractivity contribution < 1.29 is 34.7 Å². The molecule has 6 atom stereocenters. The predicted octanol–water partition coefficient (Wildman–Crippen LogP) is 0.513. The first-order valence-corrected chi connectivity index (χ1v) is 10.9. The number of thioether (sulfide) groups is 1. The summed E-state index contributed by atoms with van der Waals surface area (Å²) in [7, 11) is 1.54. The lowest BCUT2D eigenvalue weighted by atomic mass is 9.81. The summed E-state index contributed by atoms with van der Waals surface area (Å²) in [6, 6.07) is 9.20. The zero-order valence-corrected chi connectivity index (χ0v) is 18.7. The van der Waals surface area contributed by atoms with Crippen LogP contribution < -0.4 is 10.1 Å². The number of Topliss-reactive ketones (excluding diaryl/α,β-unsaturated/α-hetero) is 1. The van der Waals surface area contributed by atoms with E-state index in [9.17, 15) is 30.5 Å². The Morgan fingerprint density at radius 2 is 1.88 bits per heavy atom. The van der Waals surface area contributed by atoms with Crippen molar-refractivity contribution in [3.63, 3.8) is 0 Å². The Morgan fingerprint density at radius 3 is 2.41 bits per heavy atom. The molecule has 0 amide bonds. The molecule has 2 heterocycles. The van der Waals surface area contributed by atoms with Gasteiger partial charge in [-0.2, -0.15) is 5.26 Å². The first kappa shape index (κ1) is 24.3. The number of aliphatic hydroxyl groups is 4. The number of ether oxygens (including phenoxy) is 2. The number of hydrogen-bond acceptors (Lipinski definition) is 10. The van der Waals surface area contributed by atoms with E-state index in [-0.39, 0.29) is 11.4 Å².